The first-order valence-electron chi connectivity index (χ1n) is 9.28. The lowest BCUT2D eigenvalue weighted by Gasteiger charge is -2.15. The van der Waals surface area contributed by atoms with Crippen LogP contribution in [-0.4, -0.2) is 35.1 Å². The number of hydrogen-bond acceptors (Lipinski definition) is 4. The van der Waals surface area contributed by atoms with E-state index in [4.69, 9.17) is 4.74 Å². The minimum absolute atomic E-state index is 0.131. The molecule has 0 unspecified atom stereocenters. The molecular formula is C21H24N4O2. The normalized spacial score (nSPS) is 16.6. The van der Waals surface area contributed by atoms with Gasteiger partial charge < -0.3 is 20.4 Å². The average molecular weight is 364 g/mol. The van der Waals surface area contributed by atoms with Crippen LogP contribution in [0.5, 0.6) is 5.75 Å². The summed E-state index contributed by atoms with van der Waals surface area (Å²) in [7, 11) is 0. The molecule has 2 aromatic heterocycles. The second-order valence-electron chi connectivity index (χ2n) is 7.12. The maximum Gasteiger partial charge on any atom is 0.267 e. The first kappa shape index (κ1) is 17.5. The lowest BCUT2D eigenvalue weighted by Crippen LogP contribution is -2.25. The second kappa shape index (κ2) is 7.40. The molecule has 0 aliphatic carbocycles. The van der Waals surface area contributed by atoms with Gasteiger partial charge in [0.15, 0.2) is 0 Å². The highest BCUT2D eigenvalue weighted by Crippen LogP contribution is 2.22. The molecule has 1 saturated heterocycles. The first-order chi connectivity index (χ1) is 13.1. The standard InChI is InChI=1S/C21H24N4O2/c1-13-7-14(2)17-9-19(25-18(17)8-13)21(26)24-10-15-3-5-23-12-20(15)27-16-4-6-22-11-16/h3,5,7-9,12,16,22,25H,4,6,10-11H2,1-2H3,(H,24,26)/t16-/m0/s1. The molecule has 1 amide bonds. The summed E-state index contributed by atoms with van der Waals surface area (Å²) in [4.78, 5) is 20.0. The number of ether oxygens (including phenoxy) is 1. The Morgan fingerprint density at radius 2 is 2.22 bits per heavy atom. The number of pyridine rings is 1. The van der Waals surface area contributed by atoms with E-state index in [2.05, 4.69) is 46.6 Å². The van der Waals surface area contributed by atoms with E-state index in [0.29, 0.717) is 12.2 Å². The first-order valence-corrected chi connectivity index (χ1v) is 9.28. The van der Waals surface area contributed by atoms with Crippen molar-refractivity contribution < 1.29 is 9.53 Å². The van der Waals surface area contributed by atoms with Gasteiger partial charge in [-0.15, -0.1) is 0 Å². The largest absolute Gasteiger partial charge is 0.487 e. The van der Waals surface area contributed by atoms with Crippen molar-refractivity contribution >= 4 is 16.8 Å². The number of rotatable bonds is 5. The van der Waals surface area contributed by atoms with Crippen molar-refractivity contribution in [2.24, 2.45) is 0 Å². The van der Waals surface area contributed by atoms with Gasteiger partial charge in [0.25, 0.3) is 5.91 Å². The predicted octanol–water partition coefficient (Wildman–Crippen LogP) is 2.85. The molecule has 4 rings (SSSR count). The van der Waals surface area contributed by atoms with Crippen molar-refractivity contribution in [2.75, 3.05) is 13.1 Å². The van der Waals surface area contributed by atoms with Crippen molar-refractivity contribution in [2.45, 2.75) is 32.9 Å². The van der Waals surface area contributed by atoms with Gasteiger partial charge in [-0.25, -0.2) is 0 Å². The molecule has 0 spiro atoms. The van der Waals surface area contributed by atoms with E-state index in [1.807, 2.05) is 12.1 Å². The molecule has 0 bridgehead atoms. The van der Waals surface area contributed by atoms with E-state index in [0.717, 1.165) is 47.3 Å². The zero-order valence-corrected chi connectivity index (χ0v) is 15.6. The summed E-state index contributed by atoms with van der Waals surface area (Å²) in [5.41, 5.74) is 4.81. The number of aromatic amines is 1. The van der Waals surface area contributed by atoms with E-state index < -0.39 is 0 Å². The maximum absolute atomic E-state index is 12.6. The Labute approximate surface area is 158 Å². The monoisotopic (exact) mass is 364 g/mol. The molecule has 0 saturated carbocycles. The zero-order valence-electron chi connectivity index (χ0n) is 15.6. The number of H-pyrrole nitrogens is 1. The SMILES string of the molecule is Cc1cc(C)c2cc(C(=O)NCc3ccncc3O[C@H]3CCNC3)[nH]c2c1. The van der Waals surface area contributed by atoms with Crippen molar-refractivity contribution in [3.8, 4) is 5.75 Å². The number of nitrogens with one attached hydrogen (secondary N) is 3. The molecule has 3 heterocycles. The van der Waals surface area contributed by atoms with Crippen molar-refractivity contribution in [3.63, 3.8) is 0 Å². The Kier molecular flexibility index (Phi) is 4.81. The molecule has 6 nitrogen and oxygen atoms in total. The van der Waals surface area contributed by atoms with Gasteiger partial charge >= 0.3 is 0 Å². The molecule has 0 radical (unpaired) electrons. The number of fused-ring (bicyclic) bond motifs is 1. The fraction of sp³-hybridized carbons (Fsp3) is 0.333. The summed E-state index contributed by atoms with van der Waals surface area (Å²) in [5, 5.41) is 7.34. The smallest absolute Gasteiger partial charge is 0.267 e. The number of amides is 1. The van der Waals surface area contributed by atoms with Crippen LogP contribution in [0.25, 0.3) is 10.9 Å². The summed E-state index contributed by atoms with van der Waals surface area (Å²) < 4.78 is 6.04. The van der Waals surface area contributed by atoms with E-state index in [-0.39, 0.29) is 12.0 Å². The Morgan fingerprint density at radius 1 is 1.33 bits per heavy atom. The van der Waals surface area contributed by atoms with Crippen molar-refractivity contribution in [1.29, 1.82) is 0 Å². The van der Waals surface area contributed by atoms with E-state index in [9.17, 15) is 4.79 Å². The molecular weight excluding hydrogens is 340 g/mol. The number of aryl methyl sites for hydroxylation is 2. The van der Waals surface area contributed by atoms with Gasteiger partial charge in [0.05, 0.1) is 6.20 Å². The van der Waals surface area contributed by atoms with E-state index in [1.165, 1.54) is 5.56 Å². The predicted molar refractivity (Wildman–Crippen MR) is 105 cm³/mol. The van der Waals surface area contributed by atoms with E-state index in [1.54, 1.807) is 12.4 Å². The summed E-state index contributed by atoms with van der Waals surface area (Å²) in [5.74, 6) is 0.600. The van der Waals surface area contributed by atoms with Crippen molar-refractivity contribution in [1.82, 2.24) is 20.6 Å². The van der Waals surface area contributed by atoms with Crippen LogP contribution >= 0.6 is 0 Å². The fourth-order valence-corrected chi connectivity index (χ4v) is 3.56. The Bertz CT molecular complexity index is 973. The van der Waals surface area contributed by atoms with Gasteiger partial charge in [-0.2, -0.15) is 0 Å². The van der Waals surface area contributed by atoms with Crippen LogP contribution in [0, 0.1) is 13.8 Å². The molecule has 1 aliphatic rings. The molecule has 27 heavy (non-hydrogen) atoms. The number of carbonyl (C=O) groups excluding carboxylic acids is 1. The summed E-state index contributed by atoms with van der Waals surface area (Å²) >= 11 is 0. The third-order valence-corrected chi connectivity index (χ3v) is 4.95. The van der Waals surface area contributed by atoms with Gasteiger partial charge in [-0.1, -0.05) is 6.07 Å². The number of carbonyl (C=O) groups is 1. The zero-order chi connectivity index (χ0) is 18.8. The number of hydrogen-bond donors (Lipinski definition) is 3. The maximum atomic E-state index is 12.6. The lowest BCUT2D eigenvalue weighted by atomic mass is 10.1. The van der Waals surface area contributed by atoms with Gasteiger partial charge in [0, 0.05) is 35.8 Å². The molecule has 3 N–H and O–H groups in total. The number of aromatic nitrogens is 2. The van der Waals surface area contributed by atoms with E-state index >= 15 is 0 Å². The van der Waals surface area contributed by atoms with Crippen LogP contribution in [0.15, 0.2) is 36.7 Å². The summed E-state index contributed by atoms with van der Waals surface area (Å²) in [6.45, 7) is 6.32. The fourth-order valence-electron chi connectivity index (χ4n) is 3.56. The molecule has 1 aliphatic heterocycles. The molecule has 6 heteroatoms. The van der Waals surface area contributed by atoms with Crippen LogP contribution in [0.2, 0.25) is 0 Å². The highest BCUT2D eigenvalue weighted by molar-refractivity contribution is 5.99. The quantitative estimate of drug-likeness (QED) is 0.650. The van der Waals surface area contributed by atoms with Gasteiger partial charge in [-0.05, 0) is 56.1 Å². The Hall–Kier alpha value is -2.86. The molecule has 1 fully saturated rings. The van der Waals surface area contributed by atoms with Crippen LogP contribution in [-0.2, 0) is 6.54 Å². The van der Waals surface area contributed by atoms with Gasteiger partial charge in [0.1, 0.15) is 17.5 Å². The van der Waals surface area contributed by atoms with Crippen LogP contribution in [0.4, 0.5) is 0 Å². The molecule has 1 aromatic carbocycles. The Morgan fingerprint density at radius 3 is 3.04 bits per heavy atom. The third kappa shape index (κ3) is 3.80. The van der Waals surface area contributed by atoms with Gasteiger partial charge in [-0.3, -0.25) is 9.78 Å². The topological polar surface area (TPSA) is 79.0 Å². The number of nitrogens with zero attached hydrogens (tertiary/aromatic N) is 1. The molecule has 1 atom stereocenters. The average Bonchev–Trinajstić information content (AvgIpc) is 3.30. The third-order valence-electron chi connectivity index (χ3n) is 4.95. The minimum atomic E-state index is -0.131. The van der Waals surface area contributed by atoms with Crippen molar-refractivity contribution in [3.05, 3.63) is 59.0 Å². The van der Waals surface area contributed by atoms with Crippen LogP contribution in [0.1, 0.15) is 33.6 Å². The highest BCUT2D eigenvalue weighted by Gasteiger charge is 2.18. The summed E-state index contributed by atoms with van der Waals surface area (Å²) in [6, 6.07) is 7.98. The lowest BCUT2D eigenvalue weighted by molar-refractivity contribution is 0.0946. The molecule has 3 aromatic rings. The highest BCUT2D eigenvalue weighted by atomic mass is 16.5. The molecule has 140 valence electrons. The minimum Gasteiger partial charge on any atom is -0.487 e. The van der Waals surface area contributed by atoms with Crippen LogP contribution in [0.3, 0.4) is 0 Å². The van der Waals surface area contributed by atoms with Crippen LogP contribution < -0.4 is 15.4 Å². The summed E-state index contributed by atoms with van der Waals surface area (Å²) in [6.07, 6.45) is 4.57. The van der Waals surface area contributed by atoms with Gasteiger partial charge in [0.2, 0.25) is 0 Å². The second-order valence-corrected chi connectivity index (χ2v) is 7.12. The number of benzene rings is 1. The Balaban J connectivity index is 1.47.